The number of ether oxygens (including phenoxy) is 2. The van der Waals surface area contributed by atoms with Gasteiger partial charge in [-0.15, -0.1) is 0 Å². The van der Waals surface area contributed by atoms with Crippen LogP contribution in [-0.4, -0.2) is 24.7 Å². The largest absolute Gasteiger partial charge is 0.495 e. The van der Waals surface area contributed by atoms with Gasteiger partial charge < -0.3 is 18.5 Å². The van der Waals surface area contributed by atoms with E-state index in [0.717, 1.165) is 16.6 Å². The van der Waals surface area contributed by atoms with Crippen molar-refractivity contribution in [2.75, 3.05) is 14.2 Å². The van der Waals surface area contributed by atoms with Crippen molar-refractivity contribution in [1.29, 1.82) is 0 Å². The van der Waals surface area contributed by atoms with Gasteiger partial charge in [-0.05, 0) is 30.7 Å². The van der Waals surface area contributed by atoms with E-state index < -0.39 is 11.3 Å². The molecule has 0 aliphatic carbocycles. The lowest BCUT2D eigenvalue weighted by molar-refractivity contribution is 0.0995. The summed E-state index contributed by atoms with van der Waals surface area (Å²) in [6, 6.07) is 10.4. The van der Waals surface area contributed by atoms with Crippen molar-refractivity contribution in [3.8, 4) is 11.5 Å². The Morgan fingerprint density at radius 2 is 1.87 bits per heavy atom. The summed E-state index contributed by atoms with van der Waals surface area (Å²) in [5, 5.41) is 0.347. The van der Waals surface area contributed by atoms with Gasteiger partial charge in [-0.25, -0.2) is 0 Å². The number of rotatable bonds is 5. The van der Waals surface area contributed by atoms with E-state index in [-0.39, 0.29) is 5.56 Å². The zero-order valence-electron chi connectivity index (χ0n) is 16.8. The summed E-state index contributed by atoms with van der Waals surface area (Å²) in [4.78, 5) is 30.4. The maximum atomic E-state index is 12.9. The fraction of sp³-hybridized carbons (Fsp3) is 0.227. The minimum atomic E-state index is -0.649. The van der Waals surface area contributed by atoms with Crippen LogP contribution in [0.2, 0.25) is 0 Å². The van der Waals surface area contributed by atoms with E-state index in [2.05, 4.69) is 4.99 Å². The molecule has 7 nitrogen and oxygen atoms in total. The molecule has 0 atom stereocenters. The summed E-state index contributed by atoms with van der Waals surface area (Å²) in [6.07, 6.45) is 2.00. The Balaban J connectivity index is 1.94. The lowest BCUT2D eigenvalue weighted by Gasteiger charge is -2.09. The van der Waals surface area contributed by atoms with E-state index in [4.69, 9.17) is 13.9 Å². The van der Waals surface area contributed by atoms with E-state index in [1.54, 1.807) is 38.5 Å². The normalized spacial score (nSPS) is 11.9. The van der Waals surface area contributed by atoms with E-state index in [0.29, 0.717) is 33.8 Å². The maximum absolute atomic E-state index is 12.9. The van der Waals surface area contributed by atoms with Crippen molar-refractivity contribution in [3.05, 3.63) is 63.2 Å². The van der Waals surface area contributed by atoms with Crippen LogP contribution in [0.15, 0.2) is 56.9 Å². The van der Waals surface area contributed by atoms with Crippen molar-refractivity contribution in [2.24, 2.45) is 4.99 Å². The summed E-state index contributed by atoms with van der Waals surface area (Å²) in [5.41, 5.74) is 0.731. The van der Waals surface area contributed by atoms with Crippen LogP contribution in [0.5, 0.6) is 11.5 Å². The molecule has 2 aromatic carbocycles. The third-order valence-corrected chi connectivity index (χ3v) is 5.84. The first-order chi connectivity index (χ1) is 14.6. The van der Waals surface area contributed by atoms with Crippen LogP contribution in [0.3, 0.4) is 0 Å². The molecule has 2 heterocycles. The van der Waals surface area contributed by atoms with Gasteiger partial charge >= 0.3 is 0 Å². The van der Waals surface area contributed by atoms with E-state index in [1.165, 1.54) is 17.6 Å². The summed E-state index contributed by atoms with van der Waals surface area (Å²) in [6.45, 7) is 2.66. The number of thiazole rings is 1. The molecule has 0 aliphatic rings. The second kappa shape index (κ2) is 8.16. The second-order valence-electron chi connectivity index (χ2n) is 6.58. The Morgan fingerprint density at radius 3 is 2.60 bits per heavy atom. The molecule has 0 bridgehead atoms. The maximum Gasteiger partial charge on any atom is 0.286 e. The fourth-order valence-corrected chi connectivity index (χ4v) is 4.51. The number of benzene rings is 2. The Hall–Kier alpha value is -3.39. The van der Waals surface area contributed by atoms with Crippen molar-refractivity contribution in [2.45, 2.75) is 19.9 Å². The highest BCUT2D eigenvalue weighted by Crippen LogP contribution is 2.35. The average Bonchev–Trinajstić information content (AvgIpc) is 3.11. The molecule has 0 fully saturated rings. The SMILES string of the molecule is CCCn1c(=NC(=O)c2coc3ccccc3c2=O)sc2c(OC)ccc(OC)c21. The zero-order chi connectivity index (χ0) is 21.3. The number of para-hydroxylation sites is 1. The number of aromatic nitrogens is 1. The van der Waals surface area contributed by atoms with Crippen LogP contribution in [0.1, 0.15) is 23.7 Å². The number of amides is 1. The fourth-order valence-electron chi connectivity index (χ4n) is 3.34. The molecule has 4 rings (SSSR count). The molecule has 0 radical (unpaired) electrons. The predicted octanol–water partition coefficient (Wildman–Crippen LogP) is 3.98. The van der Waals surface area contributed by atoms with Gasteiger partial charge in [0.15, 0.2) is 4.80 Å². The molecule has 30 heavy (non-hydrogen) atoms. The van der Waals surface area contributed by atoms with Crippen molar-refractivity contribution >= 4 is 38.4 Å². The van der Waals surface area contributed by atoms with Crippen LogP contribution < -0.4 is 19.7 Å². The molecule has 4 aromatic rings. The average molecular weight is 424 g/mol. The zero-order valence-corrected chi connectivity index (χ0v) is 17.6. The van der Waals surface area contributed by atoms with Crippen molar-refractivity contribution < 1.29 is 18.7 Å². The third kappa shape index (κ3) is 3.29. The van der Waals surface area contributed by atoms with E-state index >= 15 is 0 Å². The van der Waals surface area contributed by atoms with Gasteiger partial charge in [0.2, 0.25) is 5.43 Å². The number of nitrogens with zero attached hydrogens (tertiary/aromatic N) is 2. The number of fused-ring (bicyclic) bond motifs is 2. The molecular formula is C22H20N2O5S. The van der Waals surface area contributed by atoms with Crippen molar-refractivity contribution in [3.63, 3.8) is 0 Å². The second-order valence-corrected chi connectivity index (χ2v) is 7.55. The molecule has 0 spiro atoms. The minimum Gasteiger partial charge on any atom is -0.495 e. The summed E-state index contributed by atoms with van der Waals surface area (Å²) in [5.74, 6) is 0.679. The summed E-state index contributed by atoms with van der Waals surface area (Å²) < 4.78 is 19.2. The molecule has 0 saturated carbocycles. The number of hydrogen-bond donors (Lipinski definition) is 0. The van der Waals surface area contributed by atoms with Crippen LogP contribution in [0.25, 0.3) is 21.2 Å². The smallest absolute Gasteiger partial charge is 0.286 e. The monoisotopic (exact) mass is 424 g/mol. The van der Waals surface area contributed by atoms with E-state index in [1.807, 2.05) is 23.6 Å². The number of aryl methyl sites for hydroxylation is 1. The van der Waals surface area contributed by atoms with Crippen LogP contribution in [0, 0.1) is 0 Å². The Morgan fingerprint density at radius 1 is 1.13 bits per heavy atom. The van der Waals surface area contributed by atoms with Gasteiger partial charge in [-0.3, -0.25) is 9.59 Å². The van der Waals surface area contributed by atoms with Crippen LogP contribution in [-0.2, 0) is 6.54 Å². The topological polar surface area (TPSA) is 83.0 Å². The van der Waals surface area contributed by atoms with Gasteiger partial charge in [0.25, 0.3) is 5.91 Å². The number of carbonyl (C=O) groups excluding carboxylic acids is 1. The van der Waals surface area contributed by atoms with Crippen LogP contribution >= 0.6 is 11.3 Å². The van der Waals surface area contributed by atoms with Crippen molar-refractivity contribution in [1.82, 2.24) is 4.57 Å². The molecule has 0 aliphatic heterocycles. The third-order valence-electron chi connectivity index (χ3n) is 4.75. The lowest BCUT2D eigenvalue weighted by atomic mass is 10.2. The molecule has 0 unspecified atom stereocenters. The van der Waals surface area contributed by atoms with Gasteiger partial charge in [-0.1, -0.05) is 30.4 Å². The minimum absolute atomic E-state index is 0.104. The highest BCUT2D eigenvalue weighted by molar-refractivity contribution is 7.16. The molecule has 0 N–H and O–H groups in total. The molecule has 8 heteroatoms. The summed E-state index contributed by atoms with van der Waals surface area (Å²) in [7, 11) is 3.19. The first-order valence-electron chi connectivity index (χ1n) is 9.43. The van der Waals surface area contributed by atoms with Crippen LogP contribution in [0.4, 0.5) is 0 Å². The van der Waals surface area contributed by atoms with E-state index in [9.17, 15) is 9.59 Å². The highest BCUT2D eigenvalue weighted by atomic mass is 32.1. The Labute approximate surface area is 175 Å². The van der Waals surface area contributed by atoms with Gasteiger partial charge in [0, 0.05) is 6.54 Å². The quantitative estimate of drug-likeness (QED) is 0.484. The van der Waals surface area contributed by atoms with Gasteiger partial charge in [-0.2, -0.15) is 4.99 Å². The standard InChI is InChI=1S/C22H20N2O5S/c1-4-11-24-18-16(27-2)9-10-17(28-3)20(18)30-22(24)23-21(26)14-12-29-15-8-6-5-7-13(15)19(14)25/h5-10,12H,4,11H2,1-3H3. The Bertz CT molecular complexity index is 1380. The van der Waals surface area contributed by atoms with Gasteiger partial charge in [0.1, 0.15) is 39.1 Å². The predicted molar refractivity (Wildman–Crippen MR) is 116 cm³/mol. The molecule has 0 saturated heterocycles. The first kappa shape index (κ1) is 19.9. The first-order valence-corrected chi connectivity index (χ1v) is 10.2. The Kier molecular flexibility index (Phi) is 5.41. The number of hydrogen-bond acceptors (Lipinski definition) is 6. The van der Waals surface area contributed by atoms with Gasteiger partial charge in [0.05, 0.1) is 19.6 Å². The molecule has 2 aromatic heterocycles. The lowest BCUT2D eigenvalue weighted by Crippen LogP contribution is -2.20. The molecule has 154 valence electrons. The number of methoxy groups -OCH3 is 2. The molecule has 1 amide bonds. The highest BCUT2D eigenvalue weighted by Gasteiger charge is 2.18. The molecular weight excluding hydrogens is 404 g/mol. The summed E-state index contributed by atoms with van der Waals surface area (Å²) >= 11 is 1.31. The number of carbonyl (C=O) groups is 1.